The molecule has 0 saturated carbocycles. The third-order valence-corrected chi connectivity index (χ3v) is 2.88. The van der Waals surface area contributed by atoms with Crippen molar-refractivity contribution in [3.8, 4) is 11.5 Å². The van der Waals surface area contributed by atoms with Crippen LogP contribution in [-0.4, -0.2) is 32.3 Å². The smallest absolute Gasteiger partial charge is 0.191 e. The first-order valence-electron chi connectivity index (χ1n) is 7.95. The number of aliphatic imine (C=N–C) groups is 1. The highest BCUT2D eigenvalue weighted by Gasteiger charge is 2.06. The van der Waals surface area contributed by atoms with E-state index in [9.17, 15) is 0 Å². The number of nitrogens with one attached hydrogen (secondary N) is 2. The number of methoxy groups -OCH3 is 1. The second-order valence-corrected chi connectivity index (χ2v) is 5.33. The molecule has 0 amide bonds. The van der Waals surface area contributed by atoms with Gasteiger partial charge in [-0.25, -0.2) is 4.99 Å². The van der Waals surface area contributed by atoms with E-state index in [1.807, 2.05) is 18.2 Å². The monoisotopic (exact) mass is 435 g/mol. The molecule has 5 nitrogen and oxygen atoms in total. The molecule has 0 fully saturated rings. The van der Waals surface area contributed by atoms with Crippen molar-refractivity contribution >= 4 is 29.9 Å². The van der Waals surface area contributed by atoms with Gasteiger partial charge in [0.05, 0.1) is 20.3 Å². The Morgan fingerprint density at radius 2 is 1.96 bits per heavy atom. The molecule has 0 atom stereocenters. The molecule has 0 radical (unpaired) electrons. The molecule has 132 valence electrons. The summed E-state index contributed by atoms with van der Waals surface area (Å²) in [4.78, 5) is 4.59. The minimum absolute atomic E-state index is 0. The van der Waals surface area contributed by atoms with Gasteiger partial charge < -0.3 is 20.1 Å². The molecule has 2 N–H and O–H groups in total. The Morgan fingerprint density at radius 1 is 1.22 bits per heavy atom. The van der Waals surface area contributed by atoms with E-state index in [1.54, 1.807) is 7.11 Å². The van der Waals surface area contributed by atoms with Crippen molar-refractivity contribution in [1.82, 2.24) is 10.6 Å². The molecule has 0 spiro atoms. The zero-order valence-corrected chi connectivity index (χ0v) is 17.1. The van der Waals surface area contributed by atoms with Crippen LogP contribution in [0.4, 0.5) is 0 Å². The van der Waals surface area contributed by atoms with Crippen LogP contribution in [0.1, 0.15) is 39.7 Å². The number of benzene rings is 1. The summed E-state index contributed by atoms with van der Waals surface area (Å²) in [5, 5.41) is 6.54. The average molecular weight is 435 g/mol. The fourth-order valence-electron chi connectivity index (χ4n) is 1.91. The van der Waals surface area contributed by atoms with Crippen molar-refractivity contribution in [2.24, 2.45) is 4.99 Å². The normalized spacial score (nSPS) is 11.0. The quantitative estimate of drug-likeness (QED) is 0.373. The Hall–Kier alpha value is -1.18. The zero-order valence-electron chi connectivity index (χ0n) is 14.8. The highest BCUT2D eigenvalue weighted by Crippen LogP contribution is 2.28. The third kappa shape index (κ3) is 8.29. The molecule has 6 heteroatoms. The molecular formula is C17H30IN3O2. The first kappa shape index (κ1) is 21.8. The number of hydrogen-bond donors (Lipinski definition) is 2. The number of rotatable bonds is 8. The molecule has 0 heterocycles. The molecule has 23 heavy (non-hydrogen) atoms. The van der Waals surface area contributed by atoms with Crippen molar-refractivity contribution in [2.75, 3.05) is 20.3 Å². The lowest BCUT2D eigenvalue weighted by Crippen LogP contribution is -2.40. The van der Waals surface area contributed by atoms with Crippen LogP contribution in [0.25, 0.3) is 0 Å². The van der Waals surface area contributed by atoms with Gasteiger partial charge in [-0.3, -0.25) is 0 Å². The topological polar surface area (TPSA) is 54.9 Å². The maximum Gasteiger partial charge on any atom is 0.191 e. The minimum atomic E-state index is 0. The summed E-state index contributed by atoms with van der Waals surface area (Å²) in [6.45, 7) is 10.4. The van der Waals surface area contributed by atoms with Gasteiger partial charge in [-0.15, -0.1) is 24.0 Å². The van der Waals surface area contributed by atoms with Crippen molar-refractivity contribution in [1.29, 1.82) is 0 Å². The lowest BCUT2D eigenvalue weighted by atomic mass is 10.2. The van der Waals surface area contributed by atoms with E-state index in [-0.39, 0.29) is 24.0 Å². The van der Waals surface area contributed by atoms with Crippen molar-refractivity contribution in [3.63, 3.8) is 0 Å². The van der Waals surface area contributed by atoms with E-state index in [0.717, 1.165) is 36.0 Å². The van der Waals surface area contributed by atoms with Crippen LogP contribution in [0.5, 0.6) is 11.5 Å². The fraction of sp³-hybridized carbons (Fsp3) is 0.588. The number of halogens is 1. The SMILES string of the molecule is CCCOc1ccc(CN=C(NCC)NC(C)C)cc1OC.I. The molecule has 1 aromatic rings. The van der Waals surface area contributed by atoms with E-state index in [2.05, 4.69) is 43.3 Å². The van der Waals surface area contributed by atoms with E-state index in [0.29, 0.717) is 19.2 Å². The number of nitrogens with zero attached hydrogens (tertiary/aromatic N) is 1. The van der Waals surface area contributed by atoms with Gasteiger partial charge in [-0.1, -0.05) is 13.0 Å². The van der Waals surface area contributed by atoms with Gasteiger partial charge in [0.25, 0.3) is 0 Å². The molecule has 0 bridgehead atoms. The van der Waals surface area contributed by atoms with Crippen LogP contribution in [0, 0.1) is 0 Å². The highest BCUT2D eigenvalue weighted by atomic mass is 127. The Labute approximate surface area is 157 Å². The van der Waals surface area contributed by atoms with E-state index < -0.39 is 0 Å². The lowest BCUT2D eigenvalue weighted by Gasteiger charge is -2.14. The number of guanidine groups is 1. The molecular weight excluding hydrogens is 405 g/mol. The van der Waals surface area contributed by atoms with Gasteiger partial charge in [-0.2, -0.15) is 0 Å². The summed E-state index contributed by atoms with van der Waals surface area (Å²) < 4.78 is 11.1. The molecule has 1 aromatic carbocycles. The van der Waals surface area contributed by atoms with Crippen LogP contribution in [0.3, 0.4) is 0 Å². The van der Waals surface area contributed by atoms with Crippen LogP contribution < -0.4 is 20.1 Å². The van der Waals surface area contributed by atoms with E-state index in [1.165, 1.54) is 0 Å². The van der Waals surface area contributed by atoms with Gasteiger partial charge in [0.2, 0.25) is 0 Å². The molecule has 0 unspecified atom stereocenters. The van der Waals surface area contributed by atoms with Crippen LogP contribution >= 0.6 is 24.0 Å². The molecule has 0 aliphatic carbocycles. The minimum Gasteiger partial charge on any atom is -0.493 e. The Bertz CT molecular complexity index is 479. The van der Waals surface area contributed by atoms with E-state index >= 15 is 0 Å². The largest absolute Gasteiger partial charge is 0.493 e. The standard InChI is InChI=1S/C17H29N3O2.HI/c1-6-10-22-15-9-8-14(11-16(15)21-5)12-19-17(18-7-2)20-13(3)4;/h8-9,11,13H,6-7,10,12H2,1-5H3,(H2,18,19,20);1H. The van der Waals surface area contributed by atoms with Gasteiger partial charge >= 0.3 is 0 Å². The zero-order chi connectivity index (χ0) is 16.4. The Morgan fingerprint density at radius 3 is 2.52 bits per heavy atom. The lowest BCUT2D eigenvalue weighted by molar-refractivity contribution is 0.294. The first-order valence-corrected chi connectivity index (χ1v) is 7.95. The molecule has 0 aromatic heterocycles. The number of hydrogen-bond acceptors (Lipinski definition) is 3. The Balaban J connectivity index is 0.00000484. The summed E-state index contributed by atoms with van der Waals surface area (Å²) in [6, 6.07) is 6.29. The summed E-state index contributed by atoms with van der Waals surface area (Å²) in [5.41, 5.74) is 1.08. The predicted octanol–water partition coefficient (Wildman–Crippen LogP) is 3.57. The molecule has 0 aliphatic heterocycles. The first-order chi connectivity index (χ1) is 10.6. The molecule has 1 rings (SSSR count). The van der Waals surface area contributed by atoms with Crippen LogP contribution in [-0.2, 0) is 6.54 Å². The molecule has 0 saturated heterocycles. The van der Waals surface area contributed by atoms with Gasteiger partial charge in [0, 0.05) is 12.6 Å². The van der Waals surface area contributed by atoms with E-state index in [4.69, 9.17) is 9.47 Å². The van der Waals surface area contributed by atoms with Gasteiger partial charge in [0.15, 0.2) is 17.5 Å². The second-order valence-electron chi connectivity index (χ2n) is 5.33. The Kier molecular flexibility index (Phi) is 11.6. The van der Waals surface area contributed by atoms with Crippen LogP contribution in [0.2, 0.25) is 0 Å². The average Bonchev–Trinajstić information content (AvgIpc) is 2.50. The maximum atomic E-state index is 5.66. The summed E-state index contributed by atoms with van der Waals surface area (Å²) >= 11 is 0. The second kappa shape index (κ2) is 12.3. The third-order valence-electron chi connectivity index (χ3n) is 2.88. The highest BCUT2D eigenvalue weighted by molar-refractivity contribution is 14.0. The fourth-order valence-corrected chi connectivity index (χ4v) is 1.91. The predicted molar refractivity (Wildman–Crippen MR) is 107 cm³/mol. The van der Waals surface area contributed by atoms with Crippen molar-refractivity contribution < 1.29 is 9.47 Å². The van der Waals surface area contributed by atoms with Crippen molar-refractivity contribution in [2.45, 2.75) is 46.7 Å². The maximum absolute atomic E-state index is 5.66. The van der Waals surface area contributed by atoms with Gasteiger partial charge in [0.1, 0.15) is 0 Å². The summed E-state index contributed by atoms with van der Waals surface area (Å²) in [7, 11) is 1.66. The summed E-state index contributed by atoms with van der Waals surface area (Å²) in [6.07, 6.45) is 0.974. The summed E-state index contributed by atoms with van der Waals surface area (Å²) in [5.74, 6) is 2.36. The van der Waals surface area contributed by atoms with Crippen LogP contribution in [0.15, 0.2) is 23.2 Å². The number of ether oxygens (including phenoxy) is 2. The van der Waals surface area contributed by atoms with Crippen molar-refractivity contribution in [3.05, 3.63) is 23.8 Å². The molecule has 0 aliphatic rings. The van der Waals surface area contributed by atoms with Gasteiger partial charge in [-0.05, 0) is 44.9 Å².